The summed E-state index contributed by atoms with van der Waals surface area (Å²) in [7, 11) is 1.87. The number of thiazole rings is 1. The number of carbonyl (C=O) groups is 1. The minimum absolute atomic E-state index is 0. The Kier molecular flexibility index (Phi) is 6.63. The largest absolute Gasteiger partial charge is 0.350 e. The van der Waals surface area contributed by atoms with Crippen LogP contribution in [0.2, 0.25) is 0 Å². The van der Waals surface area contributed by atoms with E-state index in [0.29, 0.717) is 25.2 Å². The van der Waals surface area contributed by atoms with Gasteiger partial charge in [0.2, 0.25) is 0 Å². The fourth-order valence-electron chi connectivity index (χ4n) is 1.67. The lowest BCUT2D eigenvalue weighted by Crippen LogP contribution is -2.26. The summed E-state index contributed by atoms with van der Waals surface area (Å²) >= 11 is 1.47. The maximum absolute atomic E-state index is 11.8. The van der Waals surface area contributed by atoms with Gasteiger partial charge in [-0.1, -0.05) is 0 Å². The molecule has 0 saturated carbocycles. The number of halogens is 1. The van der Waals surface area contributed by atoms with Crippen molar-refractivity contribution < 1.29 is 4.79 Å². The summed E-state index contributed by atoms with van der Waals surface area (Å²) in [6.07, 6.45) is 5.22. The summed E-state index contributed by atoms with van der Waals surface area (Å²) in [5.41, 5.74) is 7.02. The predicted octanol–water partition coefficient (Wildman–Crippen LogP) is 0.772. The monoisotopic (exact) mass is 315 g/mol. The van der Waals surface area contributed by atoms with Gasteiger partial charge in [-0.3, -0.25) is 9.48 Å². The highest BCUT2D eigenvalue weighted by molar-refractivity contribution is 7.09. The molecule has 0 bridgehead atoms. The zero-order valence-corrected chi connectivity index (χ0v) is 12.8. The third-order valence-electron chi connectivity index (χ3n) is 2.60. The number of nitrogens with zero attached hydrogens (tertiary/aromatic N) is 3. The number of amides is 1. The van der Waals surface area contributed by atoms with E-state index in [-0.39, 0.29) is 18.3 Å². The van der Waals surface area contributed by atoms with Gasteiger partial charge in [0.1, 0.15) is 5.69 Å². The first-order valence-corrected chi connectivity index (χ1v) is 6.97. The molecule has 0 aliphatic heterocycles. The molecule has 2 aromatic rings. The normalized spacial score (nSPS) is 10.1. The Morgan fingerprint density at radius 1 is 1.50 bits per heavy atom. The van der Waals surface area contributed by atoms with E-state index in [1.165, 1.54) is 11.3 Å². The number of aryl methyl sites for hydroxylation is 1. The standard InChI is InChI=1S/C12H17N5OS.ClH/c1-17-7-9(6-15-17)3-5-14-12(18)10-8-19-11(16-10)2-4-13;/h6-8H,2-5,13H2,1H3,(H,14,18);1H. The first-order chi connectivity index (χ1) is 9.19. The topological polar surface area (TPSA) is 85.8 Å². The Balaban J connectivity index is 0.00000200. The van der Waals surface area contributed by atoms with Crippen LogP contribution in [0.5, 0.6) is 0 Å². The molecule has 0 aliphatic rings. The van der Waals surface area contributed by atoms with Crippen molar-refractivity contribution >= 4 is 29.7 Å². The van der Waals surface area contributed by atoms with Crippen molar-refractivity contribution in [3.63, 3.8) is 0 Å². The first kappa shape index (κ1) is 16.6. The predicted molar refractivity (Wildman–Crippen MR) is 81.4 cm³/mol. The van der Waals surface area contributed by atoms with Gasteiger partial charge in [-0.2, -0.15) is 5.10 Å². The van der Waals surface area contributed by atoms with Crippen molar-refractivity contribution in [2.24, 2.45) is 12.8 Å². The van der Waals surface area contributed by atoms with Crippen molar-refractivity contribution in [1.29, 1.82) is 0 Å². The van der Waals surface area contributed by atoms with E-state index in [4.69, 9.17) is 5.73 Å². The highest BCUT2D eigenvalue weighted by Gasteiger charge is 2.09. The second-order valence-electron chi connectivity index (χ2n) is 4.19. The molecular weight excluding hydrogens is 298 g/mol. The summed E-state index contributed by atoms with van der Waals surface area (Å²) in [6, 6.07) is 0. The number of hydrogen-bond acceptors (Lipinski definition) is 5. The molecule has 110 valence electrons. The summed E-state index contributed by atoms with van der Waals surface area (Å²) in [5.74, 6) is -0.136. The molecule has 2 aromatic heterocycles. The van der Waals surface area contributed by atoms with Crippen molar-refractivity contribution in [2.75, 3.05) is 13.1 Å². The van der Waals surface area contributed by atoms with Gasteiger partial charge in [0.05, 0.1) is 11.2 Å². The van der Waals surface area contributed by atoms with E-state index in [2.05, 4.69) is 15.4 Å². The third kappa shape index (κ3) is 4.59. The molecule has 8 heteroatoms. The summed E-state index contributed by atoms with van der Waals surface area (Å²) < 4.78 is 1.75. The van der Waals surface area contributed by atoms with Crippen LogP contribution in [0.3, 0.4) is 0 Å². The maximum atomic E-state index is 11.8. The molecule has 2 heterocycles. The van der Waals surface area contributed by atoms with Crippen LogP contribution in [0.15, 0.2) is 17.8 Å². The number of hydrogen-bond donors (Lipinski definition) is 2. The van der Waals surface area contributed by atoms with Crippen LogP contribution in [0, 0.1) is 0 Å². The molecule has 3 N–H and O–H groups in total. The molecule has 0 spiro atoms. The van der Waals surface area contributed by atoms with Crippen molar-refractivity contribution in [3.05, 3.63) is 34.0 Å². The van der Waals surface area contributed by atoms with Gasteiger partial charge in [-0.25, -0.2) is 4.98 Å². The zero-order chi connectivity index (χ0) is 13.7. The fourth-order valence-corrected chi connectivity index (χ4v) is 2.46. The average molecular weight is 316 g/mol. The Hall–Kier alpha value is -1.44. The molecule has 0 atom stereocenters. The van der Waals surface area contributed by atoms with Crippen LogP contribution in [0.25, 0.3) is 0 Å². The van der Waals surface area contributed by atoms with Crippen LogP contribution >= 0.6 is 23.7 Å². The second kappa shape index (κ2) is 7.98. The van der Waals surface area contributed by atoms with E-state index in [9.17, 15) is 4.79 Å². The van der Waals surface area contributed by atoms with Crippen molar-refractivity contribution in [2.45, 2.75) is 12.8 Å². The minimum atomic E-state index is -0.136. The van der Waals surface area contributed by atoms with E-state index in [1.54, 1.807) is 16.3 Å². The quantitative estimate of drug-likeness (QED) is 0.824. The summed E-state index contributed by atoms with van der Waals surface area (Å²) in [5, 5.41) is 9.60. The number of carbonyl (C=O) groups excluding carboxylic acids is 1. The second-order valence-corrected chi connectivity index (χ2v) is 5.14. The molecule has 0 aliphatic carbocycles. The summed E-state index contributed by atoms with van der Waals surface area (Å²) in [6.45, 7) is 1.13. The Morgan fingerprint density at radius 2 is 2.30 bits per heavy atom. The summed E-state index contributed by atoms with van der Waals surface area (Å²) in [4.78, 5) is 16.1. The van der Waals surface area contributed by atoms with Crippen molar-refractivity contribution in [3.8, 4) is 0 Å². The van der Waals surface area contributed by atoms with Crippen LogP contribution in [0.4, 0.5) is 0 Å². The molecule has 20 heavy (non-hydrogen) atoms. The number of aromatic nitrogens is 3. The van der Waals surface area contributed by atoms with Gasteiger partial charge >= 0.3 is 0 Å². The van der Waals surface area contributed by atoms with Gasteiger partial charge in [-0.15, -0.1) is 23.7 Å². The minimum Gasteiger partial charge on any atom is -0.350 e. The highest BCUT2D eigenvalue weighted by Crippen LogP contribution is 2.09. The van der Waals surface area contributed by atoms with Crippen LogP contribution in [-0.4, -0.2) is 33.8 Å². The van der Waals surface area contributed by atoms with Crippen LogP contribution in [0.1, 0.15) is 21.1 Å². The molecule has 1 amide bonds. The lowest BCUT2D eigenvalue weighted by Gasteiger charge is -2.01. The molecule has 0 aromatic carbocycles. The molecule has 0 unspecified atom stereocenters. The Bertz CT molecular complexity index is 554. The Morgan fingerprint density at radius 3 is 2.95 bits per heavy atom. The molecule has 0 fully saturated rings. The van der Waals surface area contributed by atoms with Gasteiger partial charge in [0.15, 0.2) is 0 Å². The van der Waals surface area contributed by atoms with E-state index >= 15 is 0 Å². The maximum Gasteiger partial charge on any atom is 0.270 e. The van der Waals surface area contributed by atoms with Gasteiger partial charge in [0, 0.05) is 31.6 Å². The highest BCUT2D eigenvalue weighted by atomic mass is 35.5. The van der Waals surface area contributed by atoms with E-state index in [0.717, 1.165) is 17.0 Å². The number of nitrogens with two attached hydrogens (primary N) is 1. The molecule has 0 saturated heterocycles. The van der Waals surface area contributed by atoms with Crippen LogP contribution < -0.4 is 11.1 Å². The van der Waals surface area contributed by atoms with E-state index < -0.39 is 0 Å². The molecule has 0 radical (unpaired) electrons. The van der Waals surface area contributed by atoms with Gasteiger partial charge in [-0.05, 0) is 18.5 Å². The Labute approximate surface area is 127 Å². The van der Waals surface area contributed by atoms with Gasteiger partial charge < -0.3 is 11.1 Å². The average Bonchev–Trinajstić information content (AvgIpc) is 2.99. The SMILES string of the molecule is Cl.Cn1cc(CCNC(=O)c2csc(CCN)n2)cn1. The lowest BCUT2D eigenvalue weighted by atomic mass is 10.2. The molecule has 2 rings (SSSR count). The molecular formula is C12H18ClN5OS. The first-order valence-electron chi connectivity index (χ1n) is 6.09. The smallest absolute Gasteiger partial charge is 0.270 e. The van der Waals surface area contributed by atoms with E-state index in [1.807, 2.05) is 13.2 Å². The zero-order valence-electron chi connectivity index (χ0n) is 11.2. The number of nitrogens with one attached hydrogen (secondary N) is 1. The van der Waals surface area contributed by atoms with Crippen LogP contribution in [-0.2, 0) is 19.9 Å². The molecule has 6 nitrogen and oxygen atoms in total. The fraction of sp³-hybridized carbons (Fsp3) is 0.417. The van der Waals surface area contributed by atoms with Crippen molar-refractivity contribution in [1.82, 2.24) is 20.1 Å². The third-order valence-corrected chi connectivity index (χ3v) is 3.51. The van der Waals surface area contributed by atoms with Gasteiger partial charge in [0.25, 0.3) is 5.91 Å². The lowest BCUT2D eigenvalue weighted by molar-refractivity contribution is 0.0949. The number of rotatable bonds is 6.